The first kappa shape index (κ1) is 24.9. The second-order valence-electron chi connectivity index (χ2n) is 9.51. The van der Waals surface area contributed by atoms with Crippen molar-refractivity contribution in [1.29, 1.82) is 0 Å². The van der Waals surface area contributed by atoms with Gasteiger partial charge in [-0.05, 0) is 37.8 Å². The van der Waals surface area contributed by atoms with Crippen LogP contribution < -0.4 is 19.7 Å². The van der Waals surface area contributed by atoms with E-state index in [1.807, 2.05) is 18.2 Å². The Morgan fingerprint density at radius 1 is 1.14 bits per heavy atom. The van der Waals surface area contributed by atoms with E-state index >= 15 is 0 Å². The Kier molecular flexibility index (Phi) is 7.79. The van der Waals surface area contributed by atoms with Crippen molar-refractivity contribution in [1.82, 2.24) is 24.8 Å². The van der Waals surface area contributed by atoms with Crippen molar-refractivity contribution in [2.75, 3.05) is 57.2 Å². The van der Waals surface area contributed by atoms with Gasteiger partial charge in [0.25, 0.3) is 5.91 Å². The van der Waals surface area contributed by atoms with Crippen LogP contribution in [0.3, 0.4) is 0 Å². The molecule has 3 aromatic rings. The van der Waals surface area contributed by atoms with E-state index in [0.29, 0.717) is 30.8 Å². The number of hydrogen-bond donors (Lipinski definition) is 1. The zero-order chi connectivity index (χ0) is 25.6. The molecule has 1 aliphatic carbocycles. The molecule has 1 amide bonds. The van der Waals surface area contributed by atoms with Gasteiger partial charge in [-0.15, -0.1) is 0 Å². The molecule has 11 heteroatoms. The molecule has 3 aromatic heterocycles. The highest BCUT2D eigenvalue weighted by Gasteiger charge is 2.25. The summed E-state index contributed by atoms with van der Waals surface area (Å²) in [6.45, 7) is 2.98. The van der Waals surface area contributed by atoms with E-state index in [2.05, 4.69) is 25.2 Å². The maximum Gasteiger partial charge on any atom is 0.259 e. The highest BCUT2D eigenvalue weighted by atomic mass is 16.5. The van der Waals surface area contributed by atoms with E-state index in [1.54, 1.807) is 32.7 Å². The summed E-state index contributed by atoms with van der Waals surface area (Å²) in [6.07, 6.45) is 8.72. The fourth-order valence-electron chi connectivity index (χ4n) is 4.48. The Bertz CT molecular complexity index is 1190. The minimum atomic E-state index is -0.117. The fourth-order valence-corrected chi connectivity index (χ4v) is 4.48. The van der Waals surface area contributed by atoms with Crippen molar-refractivity contribution in [3.05, 3.63) is 36.8 Å². The predicted molar refractivity (Wildman–Crippen MR) is 139 cm³/mol. The minimum Gasteiger partial charge on any atom is -0.481 e. The third-order valence-corrected chi connectivity index (χ3v) is 6.66. The molecule has 2 fully saturated rings. The van der Waals surface area contributed by atoms with E-state index in [0.717, 1.165) is 55.5 Å². The number of aromatic nitrogens is 4. The van der Waals surface area contributed by atoms with Crippen molar-refractivity contribution < 1.29 is 19.0 Å². The fraction of sp³-hybridized carbons (Fsp3) is 0.500. The number of nitrogens with zero attached hydrogens (tertiary/aromatic N) is 6. The lowest BCUT2D eigenvalue weighted by Crippen LogP contribution is -2.37. The summed E-state index contributed by atoms with van der Waals surface area (Å²) in [5.41, 5.74) is 0.889. The van der Waals surface area contributed by atoms with Crippen molar-refractivity contribution in [2.45, 2.75) is 37.8 Å². The van der Waals surface area contributed by atoms with Crippen LogP contribution in [0.4, 0.5) is 11.8 Å². The van der Waals surface area contributed by atoms with E-state index < -0.39 is 0 Å². The summed E-state index contributed by atoms with van der Waals surface area (Å²) in [7, 11) is 3.38. The predicted octanol–water partition coefficient (Wildman–Crippen LogP) is 2.53. The first-order valence-electron chi connectivity index (χ1n) is 12.7. The molecular formula is C26H33N7O4. The molecule has 1 aliphatic heterocycles. The first-order chi connectivity index (χ1) is 18.0. The summed E-state index contributed by atoms with van der Waals surface area (Å²) < 4.78 is 17.4. The van der Waals surface area contributed by atoms with E-state index in [4.69, 9.17) is 19.2 Å². The Labute approximate surface area is 216 Å². The highest BCUT2D eigenvalue weighted by Crippen LogP contribution is 2.31. The molecular weight excluding hydrogens is 474 g/mol. The second kappa shape index (κ2) is 11.5. The monoisotopic (exact) mass is 507 g/mol. The Balaban J connectivity index is 1.16. The summed E-state index contributed by atoms with van der Waals surface area (Å²) in [4.78, 5) is 33.5. The zero-order valence-electron chi connectivity index (χ0n) is 21.3. The molecule has 37 heavy (non-hydrogen) atoms. The smallest absolute Gasteiger partial charge is 0.259 e. The van der Waals surface area contributed by atoms with E-state index in [-0.39, 0.29) is 24.7 Å². The van der Waals surface area contributed by atoms with Crippen LogP contribution in [0, 0.1) is 0 Å². The topological polar surface area (TPSA) is 115 Å². The summed E-state index contributed by atoms with van der Waals surface area (Å²) in [5.74, 6) is 2.43. The number of carbonyl (C=O) groups excluding carboxylic acids is 1. The van der Waals surface area contributed by atoms with Gasteiger partial charge in [0.2, 0.25) is 11.8 Å². The SMILES string of the molecule is CN(C)C(=O)COc1cnc(N[C@H]2CC[C@@H](Oc3nc(N4CCOCC4)cc4ncccc34)CC2)nc1. The molecule has 2 aliphatic rings. The number of fused-ring (bicyclic) bond motifs is 1. The molecule has 11 nitrogen and oxygen atoms in total. The number of likely N-dealkylation sites (N-methyl/N-ethyl adjacent to an activating group) is 1. The van der Waals surface area contributed by atoms with Crippen molar-refractivity contribution in [2.24, 2.45) is 0 Å². The Morgan fingerprint density at radius 3 is 2.62 bits per heavy atom. The number of rotatable bonds is 8. The van der Waals surface area contributed by atoms with Gasteiger partial charge in [0, 0.05) is 45.5 Å². The average molecular weight is 508 g/mol. The van der Waals surface area contributed by atoms with Gasteiger partial charge in [-0.3, -0.25) is 9.78 Å². The number of anilines is 2. The van der Waals surface area contributed by atoms with E-state index in [1.165, 1.54) is 4.90 Å². The van der Waals surface area contributed by atoms with Gasteiger partial charge in [0.1, 0.15) is 11.9 Å². The lowest BCUT2D eigenvalue weighted by molar-refractivity contribution is -0.130. The van der Waals surface area contributed by atoms with Gasteiger partial charge >= 0.3 is 0 Å². The van der Waals surface area contributed by atoms with Gasteiger partial charge in [0.05, 0.1) is 36.5 Å². The normalized spacial score (nSPS) is 19.9. The van der Waals surface area contributed by atoms with Crippen molar-refractivity contribution >= 4 is 28.6 Å². The number of nitrogens with one attached hydrogen (secondary N) is 1. The average Bonchev–Trinajstić information content (AvgIpc) is 2.94. The van der Waals surface area contributed by atoms with Crippen molar-refractivity contribution in [3.63, 3.8) is 0 Å². The molecule has 1 saturated carbocycles. The van der Waals surface area contributed by atoms with Gasteiger partial charge in [-0.2, -0.15) is 4.98 Å². The van der Waals surface area contributed by atoms with Gasteiger partial charge in [-0.1, -0.05) is 0 Å². The molecule has 4 heterocycles. The molecule has 0 unspecified atom stereocenters. The van der Waals surface area contributed by atoms with Crippen LogP contribution >= 0.6 is 0 Å². The van der Waals surface area contributed by atoms with Crippen LogP contribution in [-0.2, 0) is 9.53 Å². The van der Waals surface area contributed by atoms with Gasteiger partial charge in [-0.25, -0.2) is 9.97 Å². The number of ether oxygens (including phenoxy) is 3. The van der Waals surface area contributed by atoms with Gasteiger partial charge in [0.15, 0.2) is 12.4 Å². The van der Waals surface area contributed by atoms with Crippen LogP contribution in [0.25, 0.3) is 10.9 Å². The summed E-state index contributed by atoms with van der Waals surface area (Å²) in [6, 6.07) is 6.23. The largest absolute Gasteiger partial charge is 0.481 e. The molecule has 0 spiro atoms. The Morgan fingerprint density at radius 2 is 1.89 bits per heavy atom. The molecule has 5 rings (SSSR count). The zero-order valence-corrected chi connectivity index (χ0v) is 21.3. The summed E-state index contributed by atoms with van der Waals surface area (Å²) >= 11 is 0. The molecule has 1 N–H and O–H groups in total. The van der Waals surface area contributed by atoms with Crippen LogP contribution in [0.15, 0.2) is 36.8 Å². The molecule has 0 bridgehead atoms. The van der Waals surface area contributed by atoms with Crippen molar-refractivity contribution in [3.8, 4) is 11.6 Å². The second-order valence-corrected chi connectivity index (χ2v) is 9.51. The lowest BCUT2D eigenvalue weighted by Gasteiger charge is -2.31. The first-order valence-corrected chi connectivity index (χ1v) is 12.7. The lowest BCUT2D eigenvalue weighted by atomic mass is 9.93. The standard InChI is InChI=1S/C26H33N7O4/c1-32(2)24(34)17-36-20-15-28-26(29-16-20)30-18-5-7-19(8-6-18)37-25-21-4-3-9-27-22(21)14-23(31-25)33-10-12-35-13-11-33/h3-4,9,14-16,18-19H,5-8,10-13,17H2,1-2H3,(H,28,29,30)/t18-,19+. The molecule has 1 saturated heterocycles. The molecule has 0 atom stereocenters. The maximum atomic E-state index is 11.7. The number of hydrogen-bond acceptors (Lipinski definition) is 10. The van der Waals surface area contributed by atoms with Gasteiger partial charge < -0.3 is 29.3 Å². The summed E-state index contributed by atoms with van der Waals surface area (Å²) in [5, 5.41) is 4.34. The molecule has 0 aromatic carbocycles. The Hall–Kier alpha value is -3.73. The molecule has 196 valence electrons. The quantitative estimate of drug-likeness (QED) is 0.488. The maximum absolute atomic E-state index is 11.7. The number of amides is 1. The highest BCUT2D eigenvalue weighted by molar-refractivity contribution is 5.85. The number of carbonyl (C=O) groups is 1. The number of morpholine rings is 1. The van der Waals surface area contributed by atoms with Crippen LogP contribution in [0.2, 0.25) is 0 Å². The van der Waals surface area contributed by atoms with Crippen LogP contribution in [0.1, 0.15) is 25.7 Å². The minimum absolute atomic E-state index is 0.0390. The third-order valence-electron chi connectivity index (χ3n) is 6.66. The molecule has 0 radical (unpaired) electrons. The van der Waals surface area contributed by atoms with Crippen LogP contribution in [0.5, 0.6) is 11.6 Å². The third kappa shape index (κ3) is 6.34. The number of pyridine rings is 2. The van der Waals surface area contributed by atoms with E-state index in [9.17, 15) is 4.79 Å². The van der Waals surface area contributed by atoms with Crippen LogP contribution in [-0.4, -0.2) is 89.9 Å².